The van der Waals surface area contributed by atoms with E-state index >= 15 is 0 Å². The molecular formula is C27H32N2O6S. The number of carbonyl (C=O) groups is 1. The van der Waals surface area contributed by atoms with Crippen molar-refractivity contribution in [2.45, 2.75) is 24.7 Å². The van der Waals surface area contributed by atoms with E-state index in [1.165, 1.54) is 12.1 Å². The number of methoxy groups -OCH3 is 2. The summed E-state index contributed by atoms with van der Waals surface area (Å²) in [5.41, 5.74) is 1.46. The molecule has 0 aromatic heterocycles. The summed E-state index contributed by atoms with van der Waals surface area (Å²) in [6, 6.07) is 20.5. The highest BCUT2D eigenvalue weighted by atomic mass is 32.2. The third-order valence-corrected chi connectivity index (χ3v) is 7.25. The average molecular weight is 513 g/mol. The minimum atomic E-state index is -3.98. The molecule has 0 aliphatic rings. The van der Waals surface area contributed by atoms with Crippen molar-refractivity contribution in [2.24, 2.45) is 0 Å². The van der Waals surface area contributed by atoms with Crippen LogP contribution in [0.5, 0.6) is 17.2 Å². The van der Waals surface area contributed by atoms with E-state index in [1.807, 2.05) is 25.1 Å². The van der Waals surface area contributed by atoms with Crippen LogP contribution in [0.4, 0.5) is 5.69 Å². The van der Waals surface area contributed by atoms with Crippen molar-refractivity contribution in [2.75, 3.05) is 38.2 Å². The average Bonchev–Trinajstić information content (AvgIpc) is 2.90. The molecule has 3 aromatic rings. The van der Waals surface area contributed by atoms with Crippen LogP contribution in [0.15, 0.2) is 77.7 Å². The number of carbonyl (C=O) groups excluding carboxylic acids is 1. The standard InChI is InChI=1S/C27H32N2O6S/c1-4-35-23-13-15-24(16-14-23)36(31,32)29(22-10-6-5-7-11-22)20-27(30)28-18-8-9-21-12-17-25(33-2)26(19-21)34-3/h5-7,10-17,19H,4,8-9,18,20H2,1-3H3,(H,28,30). The fourth-order valence-corrected chi connectivity index (χ4v) is 5.07. The molecule has 1 amide bonds. The molecule has 0 atom stereocenters. The van der Waals surface area contributed by atoms with Crippen molar-refractivity contribution in [3.63, 3.8) is 0 Å². The third kappa shape index (κ3) is 6.91. The van der Waals surface area contributed by atoms with Crippen LogP contribution >= 0.6 is 0 Å². The molecule has 0 heterocycles. The van der Waals surface area contributed by atoms with Gasteiger partial charge < -0.3 is 19.5 Å². The fourth-order valence-electron chi connectivity index (χ4n) is 3.65. The maximum atomic E-state index is 13.4. The third-order valence-electron chi connectivity index (χ3n) is 5.47. The van der Waals surface area contributed by atoms with Gasteiger partial charge in [0.25, 0.3) is 10.0 Å². The predicted octanol–water partition coefficient (Wildman–Crippen LogP) is 4.05. The van der Waals surface area contributed by atoms with E-state index in [1.54, 1.807) is 56.7 Å². The summed E-state index contributed by atoms with van der Waals surface area (Å²) >= 11 is 0. The summed E-state index contributed by atoms with van der Waals surface area (Å²) in [6.07, 6.45) is 1.39. The quantitative estimate of drug-likeness (QED) is 0.347. The second kappa shape index (κ2) is 12.8. The lowest BCUT2D eigenvalue weighted by Crippen LogP contribution is -2.41. The van der Waals surface area contributed by atoms with E-state index < -0.39 is 10.0 Å². The van der Waals surface area contributed by atoms with Gasteiger partial charge in [0.1, 0.15) is 12.3 Å². The summed E-state index contributed by atoms with van der Waals surface area (Å²) < 4.78 is 44.0. The first kappa shape index (κ1) is 26.9. The molecule has 0 saturated heterocycles. The first-order valence-electron chi connectivity index (χ1n) is 11.7. The fraction of sp³-hybridized carbons (Fsp3) is 0.296. The van der Waals surface area contributed by atoms with Crippen LogP contribution in [0.3, 0.4) is 0 Å². The Labute approximate surface area is 212 Å². The van der Waals surface area contributed by atoms with Gasteiger partial charge in [0.05, 0.1) is 31.4 Å². The lowest BCUT2D eigenvalue weighted by Gasteiger charge is -2.24. The van der Waals surface area contributed by atoms with Gasteiger partial charge in [-0.25, -0.2) is 8.42 Å². The van der Waals surface area contributed by atoms with Crippen LogP contribution < -0.4 is 23.8 Å². The van der Waals surface area contributed by atoms with Crippen LogP contribution in [-0.4, -0.2) is 48.2 Å². The Balaban J connectivity index is 1.65. The smallest absolute Gasteiger partial charge is 0.264 e. The summed E-state index contributed by atoms with van der Waals surface area (Å²) in [7, 11) is -0.807. The Bertz CT molecular complexity index is 1230. The first-order valence-corrected chi connectivity index (χ1v) is 13.1. The summed E-state index contributed by atoms with van der Waals surface area (Å²) in [6.45, 7) is 2.40. The van der Waals surface area contributed by atoms with Crippen LogP contribution in [0.1, 0.15) is 18.9 Å². The van der Waals surface area contributed by atoms with Gasteiger partial charge in [-0.1, -0.05) is 24.3 Å². The molecule has 0 aliphatic heterocycles. The largest absolute Gasteiger partial charge is 0.494 e. The Morgan fingerprint density at radius 2 is 1.61 bits per heavy atom. The zero-order valence-corrected chi connectivity index (χ0v) is 21.6. The van der Waals surface area contributed by atoms with Gasteiger partial charge in [-0.15, -0.1) is 0 Å². The van der Waals surface area contributed by atoms with Crippen molar-refractivity contribution in [1.82, 2.24) is 5.32 Å². The molecule has 9 heteroatoms. The van der Waals surface area contributed by atoms with Gasteiger partial charge in [0.2, 0.25) is 5.91 Å². The van der Waals surface area contributed by atoms with Crippen molar-refractivity contribution in [1.29, 1.82) is 0 Å². The number of benzene rings is 3. The molecule has 0 fully saturated rings. The number of hydrogen-bond acceptors (Lipinski definition) is 6. The van der Waals surface area contributed by atoms with Crippen molar-refractivity contribution in [3.05, 3.63) is 78.4 Å². The second-order valence-electron chi connectivity index (χ2n) is 7.89. The monoisotopic (exact) mass is 512 g/mol. The molecular weight excluding hydrogens is 480 g/mol. The van der Waals surface area contributed by atoms with Gasteiger partial charge >= 0.3 is 0 Å². The number of rotatable bonds is 13. The number of nitrogens with one attached hydrogen (secondary N) is 1. The van der Waals surface area contributed by atoms with Crippen LogP contribution in [-0.2, 0) is 21.2 Å². The highest BCUT2D eigenvalue weighted by Crippen LogP contribution is 2.28. The van der Waals surface area contributed by atoms with E-state index in [0.717, 1.165) is 9.87 Å². The van der Waals surface area contributed by atoms with E-state index in [9.17, 15) is 13.2 Å². The molecule has 1 N–H and O–H groups in total. The molecule has 192 valence electrons. The molecule has 0 unspecified atom stereocenters. The number of amides is 1. The highest BCUT2D eigenvalue weighted by Gasteiger charge is 2.27. The van der Waals surface area contributed by atoms with Crippen molar-refractivity contribution < 1.29 is 27.4 Å². The number of para-hydroxylation sites is 1. The lowest BCUT2D eigenvalue weighted by atomic mass is 10.1. The zero-order valence-electron chi connectivity index (χ0n) is 20.8. The van der Waals surface area contributed by atoms with Gasteiger partial charge in [0, 0.05) is 6.54 Å². The van der Waals surface area contributed by atoms with Crippen LogP contribution in [0, 0.1) is 0 Å². The van der Waals surface area contributed by atoms with Crippen molar-refractivity contribution >= 4 is 21.6 Å². The Hall–Kier alpha value is -3.72. The lowest BCUT2D eigenvalue weighted by molar-refractivity contribution is -0.119. The van der Waals surface area contributed by atoms with Gasteiger partial charge in [-0.2, -0.15) is 0 Å². The first-order chi connectivity index (χ1) is 17.4. The minimum Gasteiger partial charge on any atom is -0.494 e. The van der Waals surface area contributed by atoms with E-state index in [4.69, 9.17) is 14.2 Å². The molecule has 3 rings (SSSR count). The number of nitrogens with zero attached hydrogens (tertiary/aromatic N) is 1. The molecule has 3 aromatic carbocycles. The molecule has 0 aliphatic carbocycles. The number of aryl methyl sites for hydroxylation is 1. The molecule has 8 nitrogen and oxygen atoms in total. The summed E-state index contributed by atoms with van der Waals surface area (Å²) in [5, 5.41) is 2.83. The van der Waals surface area contributed by atoms with E-state index in [2.05, 4.69) is 5.32 Å². The molecule has 0 bridgehead atoms. The Kier molecular flexibility index (Phi) is 9.58. The normalized spacial score (nSPS) is 11.0. The minimum absolute atomic E-state index is 0.0797. The maximum absolute atomic E-state index is 13.4. The topological polar surface area (TPSA) is 94.2 Å². The summed E-state index contributed by atoms with van der Waals surface area (Å²) in [4.78, 5) is 12.8. The van der Waals surface area contributed by atoms with Gasteiger partial charge in [0.15, 0.2) is 11.5 Å². The number of sulfonamides is 1. The van der Waals surface area contributed by atoms with E-state index in [-0.39, 0.29) is 17.3 Å². The maximum Gasteiger partial charge on any atom is 0.264 e. The van der Waals surface area contributed by atoms with Gasteiger partial charge in [-0.3, -0.25) is 9.10 Å². The predicted molar refractivity (Wildman–Crippen MR) is 139 cm³/mol. The SMILES string of the molecule is CCOc1ccc(S(=O)(=O)N(CC(=O)NCCCc2ccc(OC)c(OC)c2)c2ccccc2)cc1. The Morgan fingerprint density at radius 1 is 0.917 bits per heavy atom. The van der Waals surface area contributed by atoms with Gasteiger partial charge in [-0.05, 0) is 73.9 Å². The van der Waals surface area contributed by atoms with Crippen LogP contribution in [0.2, 0.25) is 0 Å². The zero-order chi connectivity index (χ0) is 26.0. The molecule has 36 heavy (non-hydrogen) atoms. The van der Waals surface area contributed by atoms with Crippen LogP contribution in [0.25, 0.3) is 0 Å². The van der Waals surface area contributed by atoms with Crippen molar-refractivity contribution in [3.8, 4) is 17.2 Å². The highest BCUT2D eigenvalue weighted by molar-refractivity contribution is 7.92. The molecule has 0 radical (unpaired) electrons. The van der Waals surface area contributed by atoms with E-state index in [0.29, 0.717) is 48.9 Å². The number of anilines is 1. The number of ether oxygens (including phenoxy) is 3. The summed E-state index contributed by atoms with van der Waals surface area (Å²) in [5.74, 6) is 1.50. The molecule has 0 saturated carbocycles. The number of hydrogen-bond donors (Lipinski definition) is 1. The Morgan fingerprint density at radius 3 is 2.25 bits per heavy atom. The molecule has 0 spiro atoms. The second-order valence-corrected chi connectivity index (χ2v) is 9.76.